The van der Waals surface area contributed by atoms with Crippen LogP contribution in [-0.4, -0.2) is 25.9 Å². The van der Waals surface area contributed by atoms with Gasteiger partial charge in [0.1, 0.15) is 0 Å². The van der Waals surface area contributed by atoms with Crippen molar-refractivity contribution in [1.29, 1.82) is 0 Å². The number of aryl methyl sites for hydroxylation is 1. The highest BCUT2D eigenvalue weighted by atomic mass is 16.5. The Hall–Kier alpha value is -1.22. The standard InChI is InChI=1S/C12H18O3/c1-8-5-6-10(9(2)7-13)12(15-4)11(8)14-3/h5-6,9,13H,7H2,1-4H3/t9-/m0/s1. The molecule has 15 heavy (non-hydrogen) atoms. The molecule has 0 aliphatic rings. The molecule has 1 aromatic rings. The predicted octanol–water partition coefficient (Wildman–Crippen LogP) is 2.11. The average Bonchev–Trinajstić information content (AvgIpc) is 2.27. The zero-order chi connectivity index (χ0) is 11.4. The zero-order valence-corrected chi connectivity index (χ0v) is 9.70. The lowest BCUT2D eigenvalue weighted by molar-refractivity contribution is 0.268. The molecule has 0 spiro atoms. The van der Waals surface area contributed by atoms with Crippen molar-refractivity contribution in [2.45, 2.75) is 19.8 Å². The van der Waals surface area contributed by atoms with Gasteiger partial charge in [-0.15, -0.1) is 0 Å². The molecule has 1 N–H and O–H groups in total. The lowest BCUT2D eigenvalue weighted by Gasteiger charge is -2.17. The Morgan fingerprint density at radius 1 is 1.20 bits per heavy atom. The third-order valence-corrected chi connectivity index (χ3v) is 2.55. The molecular weight excluding hydrogens is 192 g/mol. The fraction of sp³-hybridized carbons (Fsp3) is 0.500. The first-order valence-corrected chi connectivity index (χ1v) is 4.98. The molecule has 1 atom stereocenters. The largest absolute Gasteiger partial charge is 0.493 e. The Morgan fingerprint density at radius 2 is 1.80 bits per heavy atom. The molecule has 3 nitrogen and oxygen atoms in total. The molecule has 3 heteroatoms. The monoisotopic (exact) mass is 210 g/mol. The van der Waals surface area contributed by atoms with Gasteiger partial charge in [-0.25, -0.2) is 0 Å². The van der Waals surface area contributed by atoms with Crippen molar-refractivity contribution in [2.24, 2.45) is 0 Å². The Balaban J connectivity index is 3.28. The van der Waals surface area contributed by atoms with Gasteiger partial charge < -0.3 is 14.6 Å². The Bertz CT molecular complexity index is 334. The summed E-state index contributed by atoms with van der Waals surface area (Å²) in [5, 5.41) is 9.14. The normalized spacial score (nSPS) is 12.3. The molecule has 0 fully saturated rings. The van der Waals surface area contributed by atoms with Crippen molar-refractivity contribution < 1.29 is 14.6 Å². The first-order chi connectivity index (χ1) is 7.15. The molecule has 0 aliphatic heterocycles. The van der Waals surface area contributed by atoms with Crippen LogP contribution in [0, 0.1) is 6.92 Å². The third-order valence-electron chi connectivity index (χ3n) is 2.55. The lowest BCUT2D eigenvalue weighted by atomic mass is 9.98. The molecule has 0 bridgehead atoms. The van der Waals surface area contributed by atoms with E-state index in [9.17, 15) is 0 Å². The summed E-state index contributed by atoms with van der Waals surface area (Å²) in [6.45, 7) is 4.02. The van der Waals surface area contributed by atoms with E-state index in [1.807, 2.05) is 26.0 Å². The number of rotatable bonds is 4. The van der Waals surface area contributed by atoms with Crippen LogP contribution in [0.5, 0.6) is 11.5 Å². The van der Waals surface area contributed by atoms with Gasteiger partial charge in [0, 0.05) is 18.1 Å². The lowest BCUT2D eigenvalue weighted by Crippen LogP contribution is -2.04. The highest BCUT2D eigenvalue weighted by Gasteiger charge is 2.16. The van der Waals surface area contributed by atoms with Gasteiger partial charge in [0.2, 0.25) is 0 Å². The Labute approximate surface area is 90.6 Å². The molecular formula is C12H18O3. The molecule has 0 saturated heterocycles. The molecule has 0 aliphatic carbocycles. The van der Waals surface area contributed by atoms with Gasteiger partial charge in [0.05, 0.1) is 14.2 Å². The van der Waals surface area contributed by atoms with Crippen molar-refractivity contribution in [2.75, 3.05) is 20.8 Å². The molecule has 84 valence electrons. The molecule has 0 radical (unpaired) electrons. The van der Waals surface area contributed by atoms with E-state index in [0.717, 1.165) is 22.6 Å². The van der Waals surface area contributed by atoms with E-state index in [2.05, 4.69) is 0 Å². The van der Waals surface area contributed by atoms with Crippen LogP contribution in [0.3, 0.4) is 0 Å². The number of hydrogen-bond acceptors (Lipinski definition) is 3. The topological polar surface area (TPSA) is 38.7 Å². The minimum atomic E-state index is 0.0504. The summed E-state index contributed by atoms with van der Waals surface area (Å²) in [5.74, 6) is 1.52. The molecule has 1 aromatic carbocycles. The maximum absolute atomic E-state index is 9.14. The van der Waals surface area contributed by atoms with Crippen LogP contribution in [0.1, 0.15) is 24.0 Å². The molecule has 1 rings (SSSR count). The summed E-state index contributed by atoms with van der Waals surface area (Å²) in [5.41, 5.74) is 2.01. The van der Waals surface area contributed by atoms with E-state index in [1.165, 1.54) is 0 Å². The highest BCUT2D eigenvalue weighted by molar-refractivity contribution is 5.52. The Morgan fingerprint density at radius 3 is 2.27 bits per heavy atom. The maximum Gasteiger partial charge on any atom is 0.164 e. The van der Waals surface area contributed by atoms with Crippen LogP contribution in [-0.2, 0) is 0 Å². The van der Waals surface area contributed by atoms with E-state index in [0.29, 0.717) is 0 Å². The summed E-state index contributed by atoms with van der Waals surface area (Å²) in [6, 6.07) is 3.94. The van der Waals surface area contributed by atoms with Gasteiger partial charge in [0.25, 0.3) is 0 Å². The van der Waals surface area contributed by atoms with Gasteiger partial charge in [-0.2, -0.15) is 0 Å². The quantitative estimate of drug-likeness (QED) is 0.827. The SMILES string of the molecule is COc1c(C)ccc([C@@H](C)CO)c1OC. The van der Waals surface area contributed by atoms with Crippen LogP contribution < -0.4 is 9.47 Å². The first kappa shape index (κ1) is 11.9. The van der Waals surface area contributed by atoms with E-state index in [-0.39, 0.29) is 12.5 Å². The summed E-state index contributed by atoms with van der Waals surface area (Å²) in [4.78, 5) is 0. The number of hydrogen-bond donors (Lipinski definition) is 1. The van der Waals surface area contributed by atoms with E-state index < -0.39 is 0 Å². The van der Waals surface area contributed by atoms with Crippen LogP contribution in [0.15, 0.2) is 12.1 Å². The van der Waals surface area contributed by atoms with Gasteiger partial charge in [-0.3, -0.25) is 0 Å². The Kier molecular flexibility index (Phi) is 3.97. The van der Waals surface area contributed by atoms with Gasteiger partial charge in [0.15, 0.2) is 11.5 Å². The molecule has 0 amide bonds. The predicted molar refractivity (Wildman–Crippen MR) is 59.8 cm³/mol. The third kappa shape index (κ3) is 2.23. The van der Waals surface area contributed by atoms with Gasteiger partial charge in [-0.05, 0) is 12.5 Å². The van der Waals surface area contributed by atoms with E-state index >= 15 is 0 Å². The summed E-state index contributed by atoms with van der Waals surface area (Å²) in [6.07, 6.45) is 0. The smallest absolute Gasteiger partial charge is 0.164 e. The maximum atomic E-state index is 9.14. The molecule has 0 heterocycles. The summed E-state index contributed by atoms with van der Waals surface area (Å²) in [7, 11) is 3.24. The van der Waals surface area contributed by atoms with Crippen LogP contribution in [0.25, 0.3) is 0 Å². The van der Waals surface area contributed by atoms with Crippen molar-refractivity contribution in [3.8, 4) is 11.5 Å². The minimum Gasteiger partial charge on any atom is -0.493 e. The molecule has 0 unspecified atom stereocenters. The number of aliphatic hydroxyl groups excluding tert-OH is 1. The zero-order valence-electron chi connectivity index (χ0n) is 9.70. The highest BCUT2D eigenvalue weighted by Crippen LogP contribution is 2.37. The van der Waals surface area contributed by atoms with Gasteiger partial charge >= 0.3 is 0 Å². The average molecular weight is 210 g/mol. The van der Waals surface area contributed by atoms with Crippen LogP contribution in [0.4, 0.5) is 0 Å². The minimum absolute atomic E-state index is 0.0504. The molecule has 0 aromatic heterocycles. The second-order valence-electron chi connectivity index (χ2n) is 3.62. The second kappa shape index (κ2) is 5.03. The summed E-state index contributed by atoms with van der Waals surface area (Å²) < 4.78 is 10.6. The number of aliphatic hydroxyl groups is 1. The first-order valence-electron chi connectivity index (χ1n) is 4.98. The van der Waals surface area contributed by atoms with Crippen molar-refractivity contribution >= 4 is 0 Å². The molecule has 0 saturated carbocycles. The second-order valence-corrected chi connectivity index (χ2v) is 3.62. The fourth-order valence-electron chi connectivity index (χ4n) is 1.63. The van der Waals surface area contributed by atoms with Crippen molar-refractivity contribution in [1.82, 2.24) is 0 Å². The van der Waals surface area contributed by atoms with E-state index in [4.69, 9.17) is 14.6 Å². The fourth-order valence-corrected chi connectivity index (χ4v) is 1.63. The van der Waals surface area contributed by atoms with Crippen LogP contribution >= 0.6 is 0 Å². The van der Waals surface area contributed by atoms with Gasteiger partial charge in [-0.1, -0.05) is 19.1 Å². The number of ether oxygens (including phenoxy) is 2. The number of methoxy groups -OCH3 is 2. The van der Waals surface area contributed by atoms with E-state index in [1.54, 1.807) is 14.2 Å². The summed E-state index contributed by atoms with van der Waals surface area (Å²) >= 11 is 0. The van der Waals surface area contributed by atoms with Crippen molar-refractivity contribution in [3.63, 3.8) is 0 Å². The van der Waals surface area contributed by atoms with Crippen LogP contribution in [0.2, 0.25) is 0 Å². The van der Waals surface area contributed by atoms with Crippen molar-refractivity contribution in [3.05, 3.63) is 23.3 Å². The number of benzene rings is 1.